The fraction of sp³-hybridized carbons (Fsp3) is 0. The Morgan fingerprint density at radius 1 is 1.18 bits per heavy atom. The standard InChI is InChI=1S/C15H11ClN4OS/c16-12-7-3-1-5-10(12)9-17-20-14(18-19-15(20)22)11-6-2-4-8-13(11)21/h1-9,21H,(H,19,22)/b17-9+. The van der Waals surface area contributed by atoms with Crippen LogP contribution in [0.4, 0.5) is 0 Å². The minimum atomic E-state index is 0.102. The van der Waals surface area contributed by atoms with E-state index in [2.05, 4.69) is 15.3 Å². The number of nitrogens with one attached hydrogen (secondary N) is 1. The van der Waals surface area contributed by atoms with Crippen molar-refractivity contribution in [1.82, 2.24) is 14.9 Å². The van der Waals surface area contributed by atoms with Crippen LogP contribution < -0.4 is 0 Å². The Labute approximate surface area is 136 Å². The molecule has 0 aliphatic carbocycles. The molecule has 0 aliphatic heterocycles. The predicted molar refractivity (Wildman–Crippen MR) is 89.0 cm³/mol. The van der Waals surface area contributed by atoms with Gasteiger partial charge >= 0.3 is 0 Å². The van der Waals surface area contributed by atoms with Gasteiger partial charge in [0.05, 0.1) is 11.8 Å². The first-order valence-corrected chi connectivity index (χ1v) is 7.20. The van der Waals surface area contributed by atoms with Gasteiger partial charge in [-0.2, -0.15) is 14.9 Å². The fourth-order valence-electron chi connectivity index (χ4n) is 1.94. The number of hydrogen-bond donors (Lipinski definition) is 2. The highest BCUT2D eigenvalue weighted by atomic mass is 35.5. The normalized spacial score (nSPS) is 11.1. The number of nitrogens with zero attached hydrogens (tertiary/aromatic N) is 3. The molecule has 1 heterocycles. The van der Waals surface area contributed by atoms with Gasteiger partial charge < -0.3 is 5.11 Å². The number of para-hydroxylation sites is 1. The first kappa shape index (κ1) is 14.5. The van der Waals surface area contributed by atoms with E-state index in [0.29, 0.717) is 21.2 Å². The highest BCUT2D eigenvalue weighted by Gasteiger charge is 2.11. The zero-order chi connectivity index (χ0) is 15.5. The van der Waals surface area contributed by atoms with Crippen molar-refractivity contribution in [3.05, 3.63) is 63.9 Å². The second-order valence-electron chi connectivity index (χ2n) is 4.45. The number of H-pyrrole nitrogens is 1. The molecule has 0 aliphatic rings. The van der Waals surface area contributed by atoms with Crippen LogP contribution in [0, 0.1) is 4.77 Å². The monoisotopic (exact) mass is 330 g/mol. The number of aromatic amines is 1. The fourth-order valence-corrected chi connectivity index (χ4v) is 2.30. The van der Waals surface area contributed by atoms with E-state index in [1.54, 1.807) is 36.5 Å². The summed E-state index contributed by atoms with van der Waals surface area (Å²) < 4.78 is 1.76. The van der Waals surface area contributed by atoms with Crippen LogP contribution >= 0.6 is 23.8 Å². The lowest BCUT2D eigenvalue weighted by molar-refractivity contribution is 0.476. The number of aromatic hydroxyl groups is 1. The zero-order valence-corrected chi connectivity index (χ0v) is 12.8. The van der Waals surface area contributed by atoms with Gasteiger partial charge in [0.15, 0.2) is 5.82 Å². The molecule has 1 aromatic heterocycles. The molecule has 0 amide bonds. The molecule has 3 aromatic rings. The Kier molecular flexibility index (Phi) is 4.04. The van der Waals surface area contributed by atoms with Crippen molar-refractivity contribution in [2.75, 3.05) is 0 Å². The molecule has 5 nitrogen and oxygen atoms in total. The van der Waals surface area contributed by atoms with Crippen LogP contribution in [-0.2, 0) is 0 Å². The summed E-state index contributed by atoms with van der Waals surface area (Å²) in [6.45, 7) is 0. The third kappa shape index (κ3) is 2.79. The molecule has 0 bridgehead atoms. The molecule has 2 aromatic carbocycles. The highest BCUT2D eigenvalue weighted by Crippen LogP contribution is 2.27. The lowest BCUT2D eigenvalue weighted by Gasteiger charge is -2.03. The smallest absolute Gasteiger partial charge is 0.216 e. The maximum atomic E-state index is 9.95. The molecular weight excluding hydrogens is 320 g/mol. The zero-order valence-electron chi connectivity index (χ0n) is 11.3. The second kappa shape index (κ2) is 6.13. The van der Waals surface area contributed by atoms with Gasteiger partial charge in [-0.15, -0.1) is 0 Å². The molecule has 0 saturated heterocycles. The summed E-state index contributed by atoms with van der Waals surface area (Å²) in [5.41, 5.74) is 1.29. The molecule has 22 heavy (non-hydrogen) atoms. The first-order chi connectivity index (χ1) is 10.7. The van der Waals surface area contributed by atoms with E-state index in [0.717, 1.165) is 5.56 Å². The lowest BCUT2D eigenvalue weighted by atomic mass is 10.2. The summed E-state index contributed by atoms with van der Waals surface area (Å²) in [6, 6.07) is 14.2. The van der Waals surface area contributed by atoms with Crippen molar-refractivity contribution in [3.8, 4) is 17.1 Å². The van der Waals surface area contributed by atoms with Crippen LogP contribution in [0.15, 0.2) is 53.6 Å². The van der Waals surface area contributed by atoms with E-state index in [9.17, 15) is 5.11 Å². The number of aromatic nitrogens is 3. The van der Waals surface area contributed by atoms with Gasteiger partial charge in [0.25, 0.3) is 0 Å². The van der Waals surface area contributed by atoms with Crippen molar-refractivity contribution in [2.45, 2.75) is 0 Å². The predicted octanol–water partition coefficient (Wildman–Crippen LogP) is 3.85. The van der Waals surface area contributed by atoms with Gasteiger partial charge in [-0.05, 0) is 30.4 Å². The van der Waals surface area contributed by atoms with Crippen molar-refractivity contribution >= 4 is 30.0 Å². The molecule has 0 unspecified atom stereocenters. The topological polar surface area (TPSA) is 66.2 Å². The van der Waals surface area contributed by atoms with Crippen LogP contribution in [0.2, 0.25) is 5.02 Å². The molecule has 0 radical (unpaired) electrons. The quantitative estimate of drug-likeness (QED) is 0.566. The summed E-state index contributed by atoms with van der Waals surface area (Å²) in [6.07, 6.45) is 1.59. The van der Waals surface area contributed by atoms with Gasteiger partial charge in [0, 0.05) is 10.6 Å². The van der Waals surface area contributed by atoms with Crippen LogP contribution in [-0.4, -0.2) is 26.2 Å². The minimum absolute atomic E-state index is 0.102. The number of phenols is 1. The Bertz CT molecular complexity index is 900. The number of benzene rings is 2. The molecule has 2 N–H and O–H groups in total. The molecule has 110 valence electrons. The number of rotatable bonds is 3. The Balaban J connectivity index is 2.06. The largest absolute Gasteiger partial charge is 0.507 e. The van der Waals surface area contributed by atoms with Gasteiger partial charge in [0.1, 0.15) is 5.75 Å². The Hall–Kier alpha value is -2.44. The number of halogens is 1. The highest BCUT2D eigenvalue weighted by molar-refractivity contribution is 7.71. The average molecular weight is 331 g/mol. The second-order valence-corrected chi connectivity index (χ2v) is 5.24. The van der Waals surface area contributed by atoms with Crippen LogP contribution in [0.25, 0.3) is 11.4 Å². The van der Waals surface area contributed by atoms with Crippen LogP contribution in [0.5, 0.6) is 5.75 Å². The summed E-state index contributed by atoms with van der Waals surface area (Å²) in [7, 11) is 0. The van der Waals surface area contributed by atoms with Gasteiger partial charge in [-0.1, -0.05) is 41.9 Å². The molecular formula is C15H11ClN4OS. The maximum Gasteiger partial charge on any atom is 0.216 e. The summed E-state index contributed by atoms with van der Waals surface area (Å²) in [5, 5.41) is 21.6. The number of phenolic OH excluding ortho intramolecular Hbond substituents is 1. The van der Waals surface area contributed by atoms with Gasteiger partial charge in [-0.25, -0.2) is 5.10 Å². The summed E-state index contributed by atoms with van der Waals surface area (Å²) in [5.74, 6) is 0.525. The summed E-state index contributed by atoms with van der Waals surface area (Å²) in [4.78, 5) is 0. The van der Waals surface area contributed by atoms with Crippen molar-refractivity contribution in [3.63, 3.8) is 0 Å². The SMILES string of the molecule is Oc1ccccc1-c1n[nH]c(=S)n1/N=C/c1ccccc1Cl. The van der Waals surface area contributed by atoms with Crippen LogP contribution in [0.3, 0.4) is 0 Å². The van der Waals surface area contributed by atoms with Crippen molar-refractivity contribution in [2.24, 2.45) is 5.10 Å². The number of hydrogen-bond acceptors (Lipinski definition) is 4. The maximum absolute atomic E-state index is 9.95. The van der Waals surface area contributed by atoms with E-state index in [-0.39, 0.29) is 5.75 Å². The van der Waals surface area contributed by atoms with Crippen molar-refractivity contribution < 1.29 is 5.11 Å². The van der Waals surface area contributed by atoms with Crippen molar-refractivity contribution in [1.29, 1.82) is 0 Å². The average Bonchev–Trinajstić information content (AvgIpc) is 2.88. The van der Waals surface area contributed by atoms with E-state index >= 15 is 0 Å². The third-order valence-corrected chi connectivity index (χ3v) is 3.62. The molecule has 3 rings (SSSR count). The van der Waals surface area contributed by atoms with E-state index in [1.165, 1.54) is 4.68 Å². The molecule has 7 heteroatoms. The molecule has 0 atom stereocenters. The minimum Gasteiger partial charge on any atom is -0.507 e. The van der Waals surface area contributed by atoms with Gasteiger partial charge in [0.2, 0.25) is 4.77 Å². The summed E-state index contributed by atoms with van der Waals surface area (Å²) >= 11 is 11.3. The Morgan fingerprint density at radius 2 is 1.91 bits per heavy atom. The Morgan fingerprint density at radius 3 is 2.68 bits per heavy atom. The lowest BCUT2D eigenvalue weighted by Crippen LogP contribution is -1.95. The van der Waals surface area contributed by atoms with Gasteiger partial charge in [-0.3, -0.25) is 0 Å². The van der Waals surface area contributed by atoms with E-state index in [4.69, 9.17) is 23.8 Å². The molecule has 0 spiro atoms. The van der Waals surface area contributed by atoms with Crippen LogP contribution in [0.1, 0.15) is 5.56 Å². The van der Waals surface area contributed by atoms with E-state index in [1.807, 2.05) is 18.2 Å². The molecule has 0 saturated carbocycles. The first-order valence-electron chi connectivity index (χ1n) is 6.41. The van der Waals surface area contributed by atoms with E-state index < -0.39 is 0 Å². The molecule has 0 fully saturated rings. The third-order valence-electron chi connectivity index (χ3n) is 3.01.